The summed E-state index contributed by atoms with van der Waals surface area (Å²) in [6.45, 7) is 6.30. The topological polar surface area (TPSA) is 62.0 Å². The van der Waals surface area contributed by atoms with Gasteiger partial charge in [-0.3, -0.25) is 0 Å². The first-order valence-corrected chi connectivity index (χ1v) is 13.0. The quantitative estimate of drug-likeness (QED) is 0.209. The van der Waals surface area contributed by atoms with Crippen molar-refractivity contribution in [3.05, 3.63) is 72.8 Å². The van der Waals surface area contributed by atoms with Gasteiger partial charge in [-0.05, 0) is 82.4 Å². The first-order chi connectivity index (χ1) is 18.2. The third-order valence-corrected chi connectivity index (χ3v) is 6.66. The maximum absolute atomic E-state index is 6.08. The molecule has 2 heterocycles. The number of hydrogen-bond acceptors (Lipinski definition) is 6. The normalized spacial score (nSPS) is 18.9. The minimum Gasteiger partial charge on any atom is -0.494 e. The van der Waals surface area contributed by atoms with Gasteiger partial charge in [0.1, 0.15) is 48.4 Å². The van der Waals surface area contributed by atoms with Gasteiger partial charge in [-0.15, -0.1) is 0 Å². The Morgan fingerprint density at radius 1 is 0.622 bits per heavy atom. The molecule has 0 saturated carbocycles. The van der Waals surface area contributed by atoms with Gasteiger partial charge in [0.15, 0.2) is 0 Å². The van der Waals surface area contributed by atoms with Crippen molar-refractivity contribution in [2.45, 2.75) is 25.6 Å². The van der Waals surface area contributed by atoms with E-state index in [-0.39, 0.29) is 12.2 Å². The predicted molar refractivity (Wildman–Crippen MR) is 143 cm³/mol. The lowest BCUT2D eigenvalue weighted by atomic mass is 10.1. The average molecular weight is 501 g/mol. The summed E-state index contributed by atoms with van der Waals surface area (Å²) in [5, 5.41) is 4.54. The summed E-state index contributed by atoms with van der Waals surface area (Å²) in [4.78, 5) is 0. The molecule has 4 aromatic rings. The molecule has 0 aliphatic carbocycles. The minimum absolute atomic E-state index is 0.257. The summed E-state index contributed by atoms with van der Waals surface area (Å²) in [5.41, 5.74) is 0. The van der Waals surface area contributed by atoms with Gasteiger partial charge in [0.05, 0.1) is 26.4 Å². The van der Waals surface area contributed by atoms with Crippen molar-refractivity contribution in [3.63, 3.8) is 0 Å². The highest BCUT2D eigenvalue weighted by Gasteiger charge is 2.23. The van der Waals surface area contributed by atoms with Crippen molar-refractivity contribution in [3.8, 4) is 23.0 Å². The molecule has 0 N–H and O–H groups in total. The molecule has 2 fully saturated rings. The Labute approximate surface area is 217 Å². The molecule has 6 rings (SSSR count). The largest absolute Gasteiger partial charge is 0.494 e. The molecular formula is C31H32O6. The van der Waals surface area contributed by atoms with Crippen molar-refractivity contribution < 1.29 is 28.4 Å². The maximum Gasteiger partial charge on any atom is 0.120 e. The molecule has 2 aliphatic rings. The molecular weight excluding hydrogens is 468 g/mol. The van der Waals surface area contributed by atoms with Crippen molar-refractivity contribution in [2.24, 2.45) is 5.92 Å². The van der Waals surface area contributed by atoms with Gasteiger partial charge in [0.25, 0.3) is 0 Å². The molecule has 0 radical (unpaired) electrons. The monoisotopic (exact) mass is 500 g/mol. The van der Waals surface area contributed by atoms with E-state index in [1.165, 1.54) is 0 Å². The molecule has 6 heteroatoms. The highest BCUT2D eigenvalue weighted by molar-refractivity contribution is 5.86. The summed E-state index contributed by atoms with van der Waals surface area (Å²) >= 11 is 0. The number of ether oxygens (including phenoxy) is 6. The van der Waals surface area contributed by atoms with Gasteiger partial charge >= 0.3 is 0 Å². The second-order valence-electron chi connectivity index (χ2n) is 9.93. The average Bonchev–Trinajstić information content (AvgIpc) is 3.85. The van der Waals surface area contributed by atoms with Crippen molar-refractivity contribution in [2.75, 3.05) is 39.6 Å². The van der Waals surface area contributed by atoms with E-state index in [0.717, 1.165) is 64.2 Å². The van der Waals surface area contributed by atoms with E-state index >= 15 is 0 Å². The van der Waals surface area contributed by atoms with Crippen LogP contribution in [-0.2, 0) is 9.47 Å². The van der Waals surface area contributed by atoms with Gasteiger partial charge in [-0.25, -0.2) is 0 Å². The van der Waals surface area contributed by atoms with E-state index in [4.69, 9.17) is 28.4 Å². The fourth-order valence-electron chi connectivity index (χ4n) is 4.17. The van der Waals surface area contributed by atoms with Crippen LogP contribution in [0.15, 0.2) is 72.8 Å². The van der Waals surface area contributed by atoms with Crippen LogP contribution in [0.4, 0.5) is 0 Å². The third-order valence-electron chi connectivity index (χ3n) is 6.66. The van der Waals surface area contributed by atoms with Gasteiger partial charge in [-0.1, -0.05) is 31.2 Å². The molecule has 0 spiro atoms. The predicted octanol–water partition coefficient (Wildman–Crippen LogP) is 6.03. The van der Waals surface area contributed by atoms with Gasteiger partial charge < -0.3 is 28.4 Å². The Kier molecular flexibility index (Phi) is 7.02. The Bertz CT molecular complexity index is 1360. The number of benzene rings is 4. The summed E-state index contributed by atoms with van der Waals surface area (Å²) in [6.07, 6.45) is 1.43. The molecule has 2 aliphatic heterocycles. The molecule has 6 nitrogen and oxygen atoms in total. The minimum atomic E-state index is 0.257. The fourth-order valence-corrected chi connectivity index (χ4v) is 4.17. The molecule has 3 unspecified atom stereocenters. The first-order valence-electron chi connectivity index (χ1n) is 13.0. The molecule has 192 valence electrons. The standard InChI is InChI=1S/C31H32O6/c1-21(16-33-27-7-3-25-15-29(9-5-24(25)13-27)35-18-31-20-37-31)10-11-32-26-6-2-23-14-28(8-4-22(23)12-26)34-17-30-19-36-30/h2-9,12-15,21,30-31H,10-11,16-20H2,1H3. The van der Waals surface area contributed by atoms with Crippen molar-refractivity contribution >= 4 is 21.5 Å². The molecule has 2 saturated heterocycles. The van der Waals surface area contributed by atoms with Gasteiger partial charge in [0.2, 0.25) is 0 Å². The Morgan fingerprint density at radius 2 is 1.03 bits per heavy atom. The second kappa shape index (κ2) is 10.9. The maximum atomic E-state index is 6.08. The van der Waals surface area contributed by atoms with Crippen LogP contribution in [0.3, 0.4) is 0 Å². The van der Waals surface area contributed by atoms with Gasteiger partial charge in [0, 0.05) is 0 Å². The zero-order valence-corrected chi connectivity index (χ0v) is 21.1. The van der Waals surface area contributed by atoms with Crippen LogP contribution in [0.5, 0.6) is 23.0 Å². The lowest BCUT2D eigenvalue weighted by molar-refractivity contribution is 0.218. The molecule has 4 aromatic carbocycles. The van der Waals surface area contributed by atoms with Gasteiger partial charge in [-0.2, -0.15) is 0 Å². The zero-order chi connectivity index (χ0) is 25.0. The van der Waals surface area contributed by atoms with E-state index in [1.54, 1.807) is 0 Å². The van der Waals surface area contributed by atoms with E-state index in [1.807, 2.05) is 24.3 Å². The van der Waals surface area contributed by atoms with E-state index < -0.39 is 0 Å². The number of epoxide rings is 2. The summed E-state index contributed by atoms with van der Waals surface area (Å²) in [6, 6.07) is 24.6. The van der Waals surface area contributed by atoms with Crippen LogP contribution in [0.1, 0.15) is 13.3 Å². The van der Waals surface area contributed by atoms with Crippen LogP contribution in [-0.4, -0.2) is 51.8 Å². The Balaban J connectivity index is 0.953. The highest BCUT2D eigenvalue weighted by Crippen LogP contribution is 2.27. The molecule has 0 amide bonds. The molecule has 37 heavy (non-hydrogen) atoms. The number of fused-ring (bicyclic) bond motifs is 2. The third kappa shape index (κ3) is 6.64. The number of rotatable bonds is 13. The van der Waals surface area contributed by atoms with Crippen LogP contribution in [0.2, 0.25) is 0 Å². The van der Waals surface area contributed by atoms with E-state index in [2.05, 4.69) is 55.5 Å². The van der Waals surface area contributed by atoms with Crippen molar-refractivity contribution in [1.82, 2.24) is 0 Å². The van der Waals surface area contributed by atoms with Crippen molar-refractivity contribution in [1.29, 1.82) is 0 Å². The Morgan fingerprint density at radius 3 is 1.46 bits per heavy atom. The lowest BCUT2D eigenvalue weighted by Crippen LogP contribution is -2.12. The highest BCUT2D eigenvalue weighted by atomic mass is 16.6. The van der Waals surface area contributed by atoms with Crippen LogP contribution in [0.25, 0.3) is 21.5 Å². The Hall–Kier alpha value is -3.48. The fraction of sp³-hybridized carbons (Fsp3) is 0.355. The summed E-state index contributed by atoms with van der Waals surface area (Å²) in [5.74, 6) is 3.86. The summed E-state index contributed by atoms with van der Waals surface area (Å²) in [7, 11) is 0. The van der Waals surface area contributed by atoms with Crippen LogP contribution in [0, 0.1) is 5.92 Å². The van der Waals surface area contributed by atoms with Crippen LogP contribution < -0.4 is 18.9 Å². The molecule has 3 atom stereocenters. The first kappa shape index (κ1) is 23.9. The van der Waals surface area contributed by atoms with Crippen LogP contribution >= 0.6 is 0 Å². The number of hydrogen-bond donors (Lipinski definition) is 0. The van der Waals surface area contributed by atoms with E-state index in [0.29, 0.717) is 32.3 Å². The SMILES string of the molecule is CC(CCOc1ccc2cc(OCC3CO3)ccc2c1)COc1ccc2cc(OCC3CO3)ccc2c1. The van der Waals surface area contributed by atoms with E-state index in [9.17, 15) is 0 Å². The molecule has 0 bridgehead atoms. The smallest absolute Gasteiger partial charge is 0.120 e. The summed E-state index contributed by atoms with van der Waals surface area (Å²) < 4.78 is 34.1. The molecule has 0 aromatic heterocycles. The lowest BCUT2D eigenvalue weighted by Gasteiger charge is -2.15. The zero-order valence-electron chi connectivity index (χ0n) is 21.1. The second-order valence-corrected chi connectivity index (χ2v) is 9.93.